The van der Waals surface area contributed by atoms with E-state index in [2.05, 4.69) is 66.0 Å². The van der Waals surface area contributed by atoms with E-state index in [0.29, 0.717) is 12.0 Å². The fraction of sp³-hybridized carbons (Fsp3) is 0.333. The first-order valence-electron chi connectivity index (χ1n) is 7.30. The van der Waals surface area contributed by atoms with E-state index in [1.165, 1.54) is 36.9 Å². The van der Waals surface area contributed by atoms with Crippen molar-refractivity contribution in [2.45, 2.75) is 37.6 Å². The third-order valence-electron chi connectivity index (χ3n) is 4.12. The Morgan fingerprint density at radius 2 is 1.37 bits per heavy atom. The fourth-order valence-corrected chi connectivity index (χ4v) is 3.15. The maximum atomic E-state index is 3.73. The van der Waals surface area contributed by atoms with Crippen LogP contribution < -0.4 is 5.32 Å². The molecule has 1 aliphatic carbocycles. The Kier molecular flexibility index (Phi) is 3.83. The van der Waals surface area contributed by atoms with Crippen molar-refractivity contribution in [3.05, 3.63) is 66.2 Å². The molecule has 98 valence electrons. The summed E-state index contributed by atoms with van der Waals surface area (Å²) < 4.78 is 0. The van der Waals surface area contributed by atoms with Crippen LogP contribution in [0.25, 0.3) is 0 Å². The van der Waals surface area contributed by atoms with Gasteiger partial charge in [-0.1, -0.05) is 61.4 Å². The molecule has 0 aromatic heterocycles. The molecule has 2 atom stereocenters. The first kappa shape index (κ1) is 12.3. The van der Waals surface area contributed by atoms with Crippen molar-refractivity contribution >= 4 is 5.69 Å². The Labute approximate surface area is 115 Å². The quantitative estimate of drug-likeness (QED) is 0.824. The van der Waals surface area contributed by atoms with Crippen LogP contribution in [0.2, 0.25) is 0 Å². The van der Waals surface area contributed by atoms with Gasteiger partial charge >= 0.3 is 0 Å². The number of hydrogen-bond donors (Lipinski definition) is 1. The van der Waals surface area contributed by atoms with Crippen LogP contribution in [0.3, 0.4) is 0 Å². The smallest absolute Gasteiger partial charge is 0.0342 e. The Morgan fingerprint density at radius 1 is 0.737 bits per heavy atom. The van der Waals surface area contributed by atoms with Crippen LogP contribution in [0.5, 0.6) is 0 Å². The fourth-order valence-electron chi connectivity index (χ4n) is 3.15. The molecule has 1 nitrogen and oxygen atoms in total. The van der Waals surface area contributed by atoms with Gasteiger partial charge in [-0.15, -0.1) is 0 Å². The monoisotopic (exact) mass is 251 g/mol. The third kappa shape index (κ3) is 2.98. The van der Waals surface area contributed by atoms with E-state index >= 15 is 0 Å². The van der Waals surface area contributed by atoms with Gasteiger partial charge in [0, 0.05) is 17.6 Å². The topological polar surface area (TPSA) is 12.0 Å². The average molecular weight is 251 g/mol. The Morgan fingerprint density at radius 3 is 2.11 bits per heavy atom. The first-order valence-corrected chi connectivity index (χ1v) is 7.30. The lowest BCUT2D eigenvalue weighted by Gasteiger charge is -2.33. The van der Waals surface area contributed by atoms with Gasteiger partial charge in [0.1, 0.15) is 0 Å². The molecule has 1 fully saturated rings. The summed E-state index contributed by atoms with van der Waals surface area (Å²) >= 11 is 0. The molecular weight excluding hydrogens is 230 g/mol. The molecule has 1 heteroatoms. The molecule has 0 bridgehead atoms. The van der Waals surface area contributed by atoms with E-state index in [1.54, 1.807) is 0 Å². The van der Waals surface area contributed by atoms with E-state index in [9.17, 15) is 0 Å². The highest BCUT2D eigenvalue weighted by molar-refractivity contribution is 5.44. The van der Waals surface area contributed by atoms with Gasteiger partial charge in [-0.2, -0.15) is 0 Å². The SMILES string of the molecule is c1ccc(NC2CCCCC2c2ccccc2)cc1. The number of hydrogen-bond acceptors (Lipinski definition) is 1. The van der Waals surface area contributed by atoms with Crippen molar-refractivity contribution in [2.75, 3.05) is 5.32 Å². The maximum absolute atomic E-state index is 3.73. The summed E-state index contributed by atoms with van der Waals surface area (Å²) in [7, 11) is 0. The first-order chi connectivity index (χ1) is 9.43. The lowest BCUT2D eigenvalue weighted by Crippen LogP contribution is -2.30. The van der Waals surface area contributed by atoms with Crippen molar-refractivity contribution in [1.82, 2.24) is 0 Å². The van der Waals surface area contributed by atoms with Crippen LogP contribution in [-0.4, -0.2) is 6.04 Å². The van der Waals surface area contributed by atoms with Gasteiger partial charge in [-0.3, -0.25) is 0 Å². The van der Waals surface area contributed by atoms with Gasteiger partial charge in [0.2, 0.25) is 0 Å². The molecule has 19 heavy (non-hydrogen) atoms. The van der Waals surface area contributed by atoms with E-state index in [-0.39, 0.29) is 0 Å². The molecule has 0 heterocycles. The van der Waals surface area contributed by atoms with Crippen molar-refractivity contribution < 1.29 is 0 Å². The molecule has 0 aliphatic heterocycles. The average Bonchev–Trinajstić information content (AvgIpc) is 2.50. The summed E-state index contributed by atoms with van der Waals surface area (Å²) in [5.41, 5.74) is 2.73. The van der Waals surface area contributed by atoms with E-state index in [1.807, 2.05) is 0 Å². The molecule has 2 unspecified atom stereocenters. The third-order valence-corrected chi connectivity index (χ3v) is 4.12. The maximum Gasteiger partial charge on any atom is 0.0342 e. The minimum absolute atomic E-state index is 0.568. The van der Waals surface area contributed by atoms with Gasteiger partial charge in [0.15, 0.2) is 0 Å². The van der Waals surface area contributed by atoms with Crippen molar-refractivity contribution in [3.63, 3.8) is 0 Å². The normalized spacial score (nSPS) is 22.9. The number of nitrogens with one attached hydrogen (secondary N) is 1. The molecule has 1 N–H and O–H groups in total. The molecule has 1 aliphatic rings. The van der Waals surface area contributed by atoms with Gasteiger partial charge in [0.25, 0.3) is 0 Å². The second kappa shape index (κ2) is 5.92. The zero-order valence-corrected chi connectivity index (χ0v) is 11.3. The highest BCUT2D eigenvalue weighted by Gasteiger charge is 2.26. The van der Waals surface area contributed by atoms with Crippen molar-refractivity contribution in [2.24, 2.45) is 0 Å². The summed E-state index contributed by atoms with van der Waals surface area (Å²) in [5, 5.41) is 3.73. The molecule has 2 aromatic rings. The Balaban J connectivity index is 1.78. The number of rotatable bonds is 3. The zero-order valence-electron chi connectivity index (χ0n) is 11.3. The minimum atomic E-state index is 0.568. The van der Waals surface area contributed by atoms with Crippen LogP contribution in [0.4, 0.5) is 5.69 Å². The minimum Gasteiger partial charge on any atom is -0.382 e. The molecule has 0 spiro atoms. The highest BCUT2D eigenvalue weighted by atomic mass is 14.9. The van der Waals surface area contributed by atoms with E-state index in [4.69, 9.17) is 0 Å². The molecule has 0 saturated heterocycles. The predicted octanol–water partition coefficient (Wildman–Crippen LogP) is 4.82. The lowest BCUT2D eigenvalue weighted by atomic mass is 9.80. The molecule has 0 amide bonds. The van der Waals surface area contributed by atoms with E-state index < -0.39 is 0 Å². The van der Waals surface area contributed by atoms with Crippen LogP contribution >= 0.6 is 0 Å². The highest BCUT2D eigenvalue weighted by Crippen LogP contribution is 2.34. The molecule has 1 saturated carbocycles. The van der Waals surface area contributed by atoms with Crippen LogP contribution in [0.1, 0.15) is 37.2 Å². The lowest BCUT2D eigenvalue weighted by molar-refractivity contribution is 0.405. The summed E-state index contributed by atoms with van der Waals surface area (Å²) in [6.07, 6.45) is 5.27. The number of benzene rings is 2. The van der Waals surface area contributed by atoms with Crippen molar-refractivity contribution in [1.29, 1.82) is 0 Å². The van der Waals surface area contributed by atoms with Crippen LogP contribution in [0, 0.1) is 0 Å². The number of para-hydroxylation sites is 1. The summed E-state index contributed by atoms with van der Waals surface area (Å²) in [6.45, 7) is 0. The van der Waals surface area contributed by atoms with Crippen molar-refractivity contribution in [3.8, 4) is 0 Å². The number of anilines is 1. The van der Waals surface area contributed by atoms with Crippen LogP contribution in [-0.2, 0) is 0 Å². The Bertz CT molecular complexity index is 492. The van der Waals surface area contributed by atoms with Gasteiger partial charge in [0.05, 0.1) is 0 Å². The molecular formula is C18H21N. The Hall–Kier alpha value is -1.76. The standard InChI is InChI=1S/C18H21N/c1-3-9-15(10-4-1)17-13-7-8-14-18(17)19-16-11-5-2-6-12-16/h1-6,9-12,17-19H,7-8,13-14H2. The summed E-state index contributed by atoms with van der Waals surface area (Å²) in [5.74, 6) is 0.648. The summed E-state index contributed by atoms with van der Waals surface area (Å²) in [4.78, 5) is 0. The van der Waals surface area contributed by atoms with Gasteiger partial charge < -0.3 is 5.32 Å². The summed E-state index contributed by atoms with van der Waals surface area (Å²) in [6, 6.07) is 22.1. The second-order valence-electron chi connectivity index (χ2n) is 5.42. The largest absolute Gasteiger partial charge is 0.382 e. The molecule has 0 radical (unpaired) electrons. The van der Waals surface area contributed by atoms with E-state index in [0.717, 1.165) is 0 Å². The molecule has 3 rings (SSSR count). The van der Waals surface area contributed by atoms with Crippen LogP contribution in [0.15, 0.2) is 60.7 Å². The van der Waals surface area contributed by atoms with Gasteiger partial charge in [-0.05, 0) is 30.5 Å². The zero-order chi connectivity index (χ0) is 12.9. The second-order valence-corrected chi connectivity index (χ2v) is 5.42. The molecule has 2 aromatic carbocycles. The van der Waals surface area contributed by atoms with Gasteiger partial charge in [-0.25, -0.2) is 0 Å². The predicted molar refractivity (Wildman–Crippen MR) is 81.5 cm³/mol.